The smallest absolute Gasteiger partial charge is 0.238 e. The highest BCUT2D eigenvalue weighted by atomic mass is 35.5. The second-order valence-electron chi connectivity index (χ2n) is 5.40. The Kier molecular flexibility index (Phi) is 6.63. The Hall–Kier alpha value is -1.84. The first-order chi connectivity index (χ1) is 11.2. The van der Waals surface area contributed by atoms with Gasteiger partial charge in [-0.05, 0) is 35.6 Å². The van der Waals surface area contributed by atoms with Gasteiger partial charge in [0.2, 0.25) is 5.91 Å². The number of aryl methyl sites for hydroxylation is 2. The lowest BCUT2D eigenvalue weighted by Gasteiger charge is -2.14. The summed E-state index contributed by atoms with van der Waals surface area (Å²) in [4.78, 5) is 12.2. The van der Waals surface area contributed by atoms with E-state index in [0.717, 1.165) is 24.1 Å². The molecule has 2 aromatic rings. The van der Waals surface area contributed by atoms with Gasteiger partial charge in [0.15, 0.2) is 0 Å². The van der Waals surface area contributed by atoms with Gasteiger partial charge < -0.3 is 10.6 Å². The van der Waals surface area contributed by atoms with Crippen LogP contribution in [0.15, 0.2) is 42.5 Å². The summed E-state index contributed by atoms with van der Waals surface area (Å²) in [6.07, 6.45) is 1.80. The number of rotatable bonds is 7. The van der Waals surface area contributed by atoms with Gasteiger partial charge >= 0.3 is 0 Å². The monoisotopic (exact) mass is 330 g/mol. The van der Waals surface area contributed by atoms with Crippen LogP contribution < -0.4 is 10.6 Å². The molecule has 4 heteroatoms. The normalized spacial score (nSPS) is 10.6. The molecule has 0 aliphatic rings. The van der Waals surface area contributed by atoms with Crippen molar-refractivity contribution < 1.29 is 4.79 Å². The van der Waals surface area contributed by atoms with Gasteiger partial charge in [-0.1, -0.05) is 61.8 Å². The molecule has 0 fully saturated rings. The summed E-state index contributed by atoms with van der Waals surface area (Å²) in [5.41, 5.74) is 4.29. The largest absolute Gasteiger partial charge is 0.324 e. The first kappa shape index (κ1) is 17.5. The Morgan fingerprint density at radius 2 is 1.57 bits per heavy atom. The molecule has 0 aromatic heterocycles. The zero-order valence-electron chi connectivity index (χ0n) is 13.7. The number of carbonyl (C=O) groups excluding carboxylic acids is 1. The molecule has 0 saturated heterocycles. The van der Waals surface area contributed by atoms with Crippen LogP contribution >= 0.6 is 11.6 Å². The van der Waals surface area contributed by atoms with Crippen molar-refractivity contribution in [1.29, 1.82) is 0 Å². The van der Waals surface area contributed by atoms with E-state index in [4.69, 9.17) is 11.6 Å². The highest BCUT2D eigenvalue weighted by Gasteiger charge is 2.10. The topological polar surface area (TPSA) is 41.1 Å². The van der Waals surface area contributed by atoms with Crippen LogP contribution in [0, 0.1) is 0 Å². The molecule has 0 radical (unpaired) electrons. The van der Waals surface area contributed by atoms with Crippen LogP contribution in [0.4, 0.5) is 5.69 Å². The minimum absolute atomic E-state index is 0.0346. The van der Waals surface area contributed by atoms with Crippen LogP contribution in [0.3, 0.4) is 0 Å². The molecule has 1 amide bonds. The number of benzene rings is 2. The molecule has 2 aromatic carbocycles. The number of halogens is 1. The van der Waals surface area contributed by atoms with Crippen LogP contribution in [0.5, 0.6) is 0 Å². The summed E-state index contributed by atoms with van der Waals surface area (Å²) in [6.45, 7) is 5.02. The van der Waals surface area contributed by atoms with Crippen LogP contribution in [-0.2, 0) is 24.2 Å². The first-order valence-electron chi connectivity index (χ1n) is 8.00. The van der Waals surface area contributed by atoms with Gasteiger partial charge in [-0.2, -0.15) is 0 Å². The number of para-hydroxylation sites is 1. The van der Waals surface area contributed by atoms with Crippen molar-refractivity contribution in [2.24, 2.45) is 0 Å². The van der Waals surface area contributed by atoms with Crippen molar-refractivity contribution in [1.82, 2.24) is 5.32 Å². The lowest BCUT2D eigenvalue weighted by Crippen LogP contribution is -2.28. The lowest BCUT2D eigenvalue weighted by atomic mass is 10.0. The fourth-order valence-electron chi connectivity index (χ4n) is 2.54. The summed E-state index contributed by atoms with van der Waals surface area (Å²) in [6, 6.07) is 13.8. The molecule has 2 N–H and O–H groups in total. The number of amides is 1. The highest BCUT2D eigenvalue weighted by molar-refractivity contribution is 6.31. The SMILES string of the molecule is CCc1cccc(CC)c1NC(=O)CNCc1ccccc1Cl. The lowest BCUT2D eigenvalue weighted by molar-refractivity contribution is -0.115. The van der Waals surface area contributed by atoms with Crippen molar-refractivity contribution in [3.8, 4) is 0 Å². The van der Waals surface area contributed by atoms with Gasteiger partial charge in [-0.25, -0.2) is 0 Å². The quantitative estimate of drug-likeness (QED) is 0.799. The van der Waals surface area contributed by atoms with Gasteiger partial charge in [-0.3, -0.25) is 4.79 Å². The zero-order chi connectivity index (χ0) is 16.7. The Labute approximate surface area is 143 Å². The molecule has 0 spiro atoms. The van der Waals surface area contributed by atoms with Crippen LogP contribution in [0.25, 0.3) is 0 Å². The van der Waals surface area contributed by atoms with Crippen LogP contribution in [-0.4, -0.2) is 12.5 Å². The van der Waals surface area contributed by atoms with E-state index >= 15 is 0 Å². The van der Waals surface area contributed by atoms with E-state index in [1.54, 1.807) is 0 Å². The highest BCUT2D eigenvalue weighted by Crippen LogP contribution is 2.22. The molecule has 122 valence electrons. The van der Waals surface area contributed by atoms with E-state index in [1.165, 1.54) is 11.1 Å². The third-order valence-corrected chi connectivity index (χ3v) is 4.19. The van der Waals surface area contributed by atoms with Gasteiger partial charge in [0.25, 0.3) is 0 Å². The maximum absolute atomic E-state index is 12.2. The fourth-order valence-corrected chi connectivity index (χ4v) is 2.74. The van der Waals surface area contributed by atoms with E-state index < -0.39 is 0 Å². The minimum Gasteiger partial charge on any atom is -0.324 e. The molecule has 0 atom stereocenters. The van der Waals surface area contributed by atoms with Gasteiger partial charge in [0, 0.05) is 17.3 Å². The number of hydrogen-bond donors (Lipinski definition) is 2. The number of anilines is 1. The molecule has 0 aliphatic carbocycles. The number of hydrogen-bond acceptors (Lipinski definition) is 2. The van der Waals surface area contributed by atoms with Crippen molar-refractivity contribution in [3.05, 3.63) is 64.2 Å². The number of nitrogens with one attached hydrogen (secondary N) is 2. The summed E-state index contributed by atoms with van der Waals surface area (Å²) >= 11 is 6.11. The van der Waals surface area contributed by atoms with Crippen LogP contribution in [0.2, 0.25) is 5.02 Å². The van der Waals surface area contributed by atoms with E-state index in [2.05, 4.69) is 36.6 Å². The molecule has 0 heterocycles. The maximum Gasteiger partial charge on any atom is 0.238 e. The Morgan fingerprint density at radius 1 is 0.957 bits per heavy atom. The third-order valence-electron chi connectivity index (χ3n) is 3.82. The average Bonchev–Trinajstić information content (AvgIpc) is 2.56. The first-order valence-corrected chi connectivity index (χ1v) is 8.38. The van der Waals surface area contributed by atoms with E-state index in [1.807, 2.05) is 30.3 Å². The van der Waals surface area contributed by atoms with Crippen LogP contribution in [0.1, 0.15) is 30.5 Å². The van der Waals surface area contributed by atoms with Gasteiger partial charge in [0.1, 0.15) is 0 Å². The van der Waals surface area contributed by atoms with Gasteiger partial charge in [-0.15, -0.1) is 0 Å². The second-order valence-corrected chi connectivity index (χ2v) is 5.81. The zero-order valence-corrected chi connectivity index (χ0v) is 14.4. The number of carbonyl (C=O) groups is 1. The van der Waals surface area contributed by atoms with E-state index in [-0.39, 0.29) is 12.5 Å². The molecular weight excluding hydrogens is 308 g/mol. The molecule has 23 heavy (non-hydrogen) atoms. The third kappa shape index (κ3) is 4.81. The summed E-state index contributed by atoms with van der Waals surface area (Å²) in [7, 11) is 0. The predicted octanol–water partition coefficient (Wildman–Crippen LogP) is 4.19. The van der Waals surface area contributed by atoms with E-state index in [0.29, 0.717) is 11.6 Å². The van der Waals surface area contributed by atoms with E-state index in [9.17, 15) is 4.79 Å². The standard InChI is InChI=1S/C19H23ClN2O/c1-3-14-9-7-10-15(4-2)19(14)22-18(23)13-21-12-16-8-5-6-11-17(16)20/h5-11,21H,3-4,12-13H2,1-2H3,(H,22,23). The maximum atomic E-state index is 12.2. The molecule has 0 bridgehead atoms. The summed E-state index contributed by atoms with van der Waals surface area (Å²) in [5.74, 6) is -0.0346. The summed E-state index contributed by atoms with van der Waals surface area (Å²) in [5, 5.41) is 6.90. The summed E-state index contributed by atoms with van der Waals surface area (Å²) < 4.78 is 0. The average molecular weight is 331 g/mol. The molecule has 3 nitrogen and oxygen atoms in total. The Bertz CT molecular complexity index is 648. The molecule has 2 rings (SSSR count). The Morgan fingerprint density at radius 3 is 2.17 bits per heavy atom. The van der Waals surface area contributed by atoms with Crippen molar-refractivity contribution in [2.75, 3.05) is 11.9 Å². The second kappa shape index (κ2) is 8.70. The predicted molar refractivity (Wildman–Crippen MR) is 97.0 cm³/mol. The van der Waals surface area contributed by atoms with Crippen molar-refractivity contribution >= 4 is 23.2 Å². The van der Waals surface area contributed by atoms with Gasteiger partial charge in [0.05, 0.1) is 6.54 Å². The fraction of sp³-hybridized carbons (Fsp3) is 0.316. The molecular formula is C19H23ClN2O. The van der Waals surface area contributed by atoms with Crippen molar-refractivity contribution in [2.45, 2.75) is 33.2 Å². The minimum atomic E-state index is -0.0346. The molecule has 0 unspecified atom stereocenters. The molecule has 0 saturated carbocycles. The Balaban J connectivity index is 1.94. The van der Waals surface area contributed by atoms with Crippen molar-refractivity contribution in [3.63, 3.8) is 0 Å². The molecule has 0 aliphatic heterocycles.